The molecule has 0 N–H and O–H groups in total. The van der Waals surface area contributed by atoms with Gasteiger partial charge in [-0.05, 0) is 66.5 Å². The maximum absolute atomic E-state index is 14.0. The van der Waals surface area contributed by atoms with Gasteiger partial charge in [-0.2, -0.15) is 0 Å². The zero-order chi connectivity index (χ0) is 27.0. The van der Waals surface area contributed by atoms with E-state index in [1.54, 1.807) is 12.1 Å². The van der Waals surface area contributed by atoms with Crippen molar-refractivity contribution >= 4 is 0 Å². The molecule has 212 valence electrons. The van der Waals surface area contributed by atoms with Gasteiger partial charge < -0.3 is 9.47 Å². The second-order valence-corrected chi connectivity index (χ2v) is 11.3. The molecule has 4 heteroatoms. The predicted octanol–water partition coefficient (Wildman–Crippen LogP) is 10.2. The number of alkyl halides is 2. The standard InChI is InChI=1S/C34H50F2O2/c1-3-5-7-9-27-11-13-28(14-12-27)15-16-29-17-21-31(22-18-29)37-25-30-19-23-32(24-20-30)38-26-34(36)33(35)10-8-6-4-2/h17-24,27-28,33-34H,3-16,25-26H2,1-2H3/t27?,28?,33-,34-/m0/s1. The molecule has 0 unspecified atom stereocenters. The Balaban J connectivity index is 1.31. The molecule has 1 aliphatic rings. The fourth-order valence-electron chi connectivity index (χ4n) is 5.51. The van der Waals surface area contributed by atoms with E-state index in [9.17, 15) is 8.78 Å². The Hall–Kier alpha value is -2.10. The molecule has 2 nitrogen and oxygen atoms in total. The van der Waals surface area contributed by atoms with Gasteiger partial charge in [0, 0.05) is 0 Å². The molecule has 38 heavy (non-hydrogen) atoms. The first-order chi connectivity index (χ1) is 18.6. The Labute approximate surface area is 230 Å². The molecule has 0 aliphatic heterocycles. The molecule has 0 bridgehead atoms. The van der Waals surface area contributed by atoms with Gasteiger partial charge >= 0.3 is 0 Å². The number of rotatable bonds is 18. The molecule has 1 saturated carbocycles. The molecule has 0 radical (unpaired) electrons. The van der Waals surface area contributed by atoms with Crippen LogP contribution in [0.5, 0.6) is 11.5 Å². The molecule has 0 aromatic heterocycles. The van der Waals surface area contributed by atoms with E-state index in [1.807, 2.05) is 12.1 Å². The van der Waals surface area contributed by atoms with Crippen LogP contribution in [0.25, 0.3) is 0 Å². The van der Waals surface area contributed by atoms with Crippen LogP contribution in [0, 0.1) is 11.8 Å². The monoisotopic (exact) mass is 528 g/mol. The van der Waals surface area contributed by atoms with Gasteiger partial charge in [0.2, 0.25) is 0 Å². The van der Waals surface area contributed by atoms with E-state index >= 15 is 0 Å². The van der Waals surface area contributed by atoms with Crippen LogP contribution in [0.3, 0.4) is 0 Å². The quantitative estimate of drug-likeness (QED) is 0.179. The average molecular weight is 529 g/mol. The van der Waals surface area contributed by atoms with Gasteiger partial charge in [0.15, 0.2) is 6.17 Å². The van der Waals surface area contributed by atoms with Crippen molar-refractivity contribution in [3.05, 3.63) is 59.7 Å². The third-order valence-corrected chi connectivity index (χ3v) is 8.16. The number of aryl methyl sites for hydroxylation is 1. The second-order valence-electron chi connectivity index (χ2n) is 11.3. The van der Waals surface area contributed by atoms with E-state index in [4.69, 9.17) is 9.47 Å². The number of unbranched alkanes of at least 4 members (excludes halogenated alkanes) is 4. The van der Waals surface area contributed by atoms with Gasteiger partial charge in [0.25, 0.3) is 0 Å². The van der Waals surface area contributed by atoms with Gasteiger partial charge in [-0.25, -0.2) is 8.78 Å². The molecule has 3 rings (SSSR count). The number of hydrogen-bond donors (Lipinski definition) is 0. The highest BCUT2D eigenvalue weighted by molar-refractivity contribution is 5.29. The van der Waals surface area contributed by atoms with Crippen molar-refractivity contribution < 1.29 is 18.3 Å². The summed E-state index contributed by atoms with van der Waals surface area (Å²) in [7, 11) is 0. The third kappa shape index (κ3) is 11.3. The summed E-state index contributed by atoms with van der Waals surface area (Å²) < 4.78 is 39.3. The van der Waals surface area contributed by atoms with Crippen LogP contribution < -0.4 is 9.47 Å². The molecule has 2 aromatic rings. The van der Waals surface area contributed by atoms with Crippen molar-refractivity contribution in [2.75, 3.05) is 6.61 Å². The Morgan fingerprint density at radius 3 is 1.84 bits per heavy atom. The summed E-state index contributed by atoms with van der Waals surface area (Å²) in [5.74, 6) is 3.28. The minimum atomic E-state index is -1.59. The maximum atomic E-state index is 14.0. The summed E-state index contributed by atoms with van der Waals surface area (Å²) in [6, 6.07) is 15.9. The molecule has 2 atom stereocenters. The van der Waals surface area contributed by atoms with E-state index in [1.165, 1.54) is 63.4 Å². The van der Waals surface area contributed by atoms with Crippen LogP contribution >= 0.6 is 0 Å². The predicted molar refractivity (Wildman–Crippen MR) is 155 cm³/mol. The Kier molecular flexibility index (Phi) is 14.0. The highest BCUT2D eigenvalue weighted by Crippen LogP contribution is 2.34. The normalized spacial score (nSPS) is 19.2. The van der Waals surface area contributed by atoms with E-state index in [0.717, 1.165) is 48.8 Å². The number of ether oxygens (including phenoxy) is 2. The molecule has 0 heterocycles. The van der Waals surface area contributed by atoms with E-state index in [2.05, 4.69) is 38.1 Å². The lowest BCUT2D eigenvalue weighted by Crippen LogP contribution is -2.24. The van der Waals surface area contributed by atoms with Crippen LogP contribution in [0.1, 0.15) is 108 Å². The summed E-state index contributed by atoms with van der Waals surface area (Å²) in [5.41, 5.74) is 2.39. The first-order valence-corrected chi connectivity index (χ1v) is 15.3. The molecular weight excluding hydrogens is 478 g/mol. The Morgan fingerprint density at radius 2 is 1.21 bits per heavy atom. The number of halogens is 2. The zero-order valence-corrected chi connectivity index (χ0v) is 23.8. The smallest absolute Gasteiger partial charge is 0.165 e. The average Bonchev–Trinajstić information content (AvgIpc) is 2.95. The molecule has 0 saturated heterocycles. The van der Waals surface area contributed by atoms with E-state index in [-0.39, 0.29) is 13.0 Å². The third-order valence-electron chi connectivity index (χ3n) is 8.16. The van der Waals surface area contributed by atoms with Crippen LogP contribution in [0.4, 0.5) is 8.78 Å². The van der Waals surface area contributed by atoms with Crippen molar-refractivity contribution in [3.63, 3.8) is 0 Å². The van der Waals surface area contributed by atoms with Gasteiger partial charge in [0.1, 0.15) is 30.9 Å². The highest BCUT2D eigenvalue weighted by Gasteiger charge is 2.21. The van der Waals surface area contributed by atoms with Crippen LogP contribution in [0.15, 0.2) is 48.5 Å². The Bertz CT molecular complexity index is 859. The van der Waals surface area contributed by atoms with Gasteiger partial charge in [-0.1, -0.05) is 109 Å². The lowest BCUT2D eigenvalue weighted by Gasteiger charge is -2.28. The summed E-state index contributed by atoms with van der Waals surface area (Å²) in [4.78, 5) is 0. The van der Waals surface area contributed by atoms with E-state index < -0.39 is 12.3 Å². The Morgan fingerprint density at radius 1 is 0.658 bits per heavy atom. The first-order valence-electron chi connectivity index (χ1n) is 15.3. The van der Waals surface area contributed by atoms with Crippen molar-refractivity contribution in [3.8, 4) is 11.5 Å². The topological polar surface area (TPSA) is 18.5 Å². The highest BCUT2D eigenvalue weighted by atomic mass is 19.2. The van der Waals surface area contributed by atoms with Gasteiger partial charge in [-0.3, -0.25) is 0 Å². The summed E-state index contributed by atoms with van der Waals surface area (Å²) >= 11 is 0. The molecule has 1 fully saturated rings. The van der Waals surface area contributed by atoms with Crippen LogP contribution in [0.2, 0.25) is 0 Å². The molecule has 0 amide bonds. The summed E-state index contributed by atoms with van der Waals surface area (Å²) in [6.45, 7) is 4.54. The van der Waals surface area contributed by atoms with Crippen LogP contribution in [-0.4, -0.2) is 19.0 Å². The van der Waals surface area contributed by atoms with Crippen molar-refractivity contribution in [1.29, 1.82) is 0 Å². The van der Waals surface area contributed by atoms with Gasteiger partial charge in [0.05, 0.1) is 0 Å². The largest absolute Gasteiger partial charge is 0.490 e. The minimum absolute atomic E-state index is 0.254. The fourth-order valence-corrected chi connectivity index (χ4v) is 5.51. The fraction of sp³-hybridized carbons (Fsp3) is 0.647. The molecular formula is C34H50F2O2. The lowest BCUT2D eigenvalue weighted by molar-refractivity contribution is 0.102. The first kappa shape index (κ1) is 30.4. The van der Waals surface area contributed by atoms with Crippen LogP contribution in [-0.2, 0) is 13.0 Å². The maximum Gasteiger partial charge on any atom is 0.165 e. The SMILES string of the molecule is CCCCCC1CCC(CCc2ccc(OCc3ccc(OC[C@H](F)[C@@H](F)CCCCC)cc3)cc2)CC1. The van der Waals surface area contributed by atoms with Gasteiger partial charge in [-0.15, -0.1) is 0 Å². The van der Waals surface area contributed by atoms with Crippen molar-refractivity contribution in [2.45, 2.75) is 123 Å². The molecule has 2 aromatic carbocycles. The summed E-state index contributed by atoms with van der Waals surface area (Å²) in [5, 5.41) is 0. The van der Waals surface area contributed by atoms with E-state index in [0.29, 0.717) is 12.4 Å². The van der Waals surface area contributed by atoms with Crippen molar-refractivity contribution in [1.82, 2.24) is 0 Å². The zero-order valence-electron chi connectivity index (χ0n) is 23.8. The lowest BCUT2D eigenvalue weighted by atomic mass is 9.78. The molecule has 0 spiro atoms. The minimum Gasteiger partial charge on any atom is -0.490 e. The number of benzene rings is 2. The van der Waals surface area contributed by atoms with Crippen molar-refractivity contribution in [2.24, 2.45) is 11.8 Å². The second kappa shape index (κ2) is 17.5. The number of hydrogen-bond acceptors (Lipinski definition) is 2. The molecule has 1 aliphatic carbocycles. The summed E-state index contributed by atoms with van der Waals surface area (Å²) in [6.07, 6.45) is 13.6.